The van der Waals surface area contributed by atoms with Crippen molar-refractivity contribution < 1.29 is 4.79 Å². The molecule has 1 aromatic rings. The maximum atomic E-state index is 12.3. The maximum Gasteiger partial charge on any atom is 0.264 e. The molecule has 3 aliphatic heterocycles. The summed E-state index contributed by atoms with van der Waals surface area (Å²) >= 11 is 3.08. The molecule has 1 saturated heterocycles. The Morgan fingerprint density at radius 3 is 3.12 bits per heavy atom. The first-order valence-corrected chi connectivity index (χ1v) is 10.2. The van der Waals surface area contributed by atoms with E-state index in [4.69, 9.17) is 0 Å². The van der Waals surface area contributed by atoms with Crippen molar-refractivity contribution in [2.24, 2.45) is 9.98 Å². The van der Waals surface area contributed by atoms with Crippen LogP contribution in [-0.2, 0) is 11.3 Å². The minimum Gasteiger partial charge on any atom is -0.374 e. The summed E-state index contributed by atoms with van der Waals surface area (Å²) in [5, 5.41) is 9.11. The molecule has 3 aliphatic rings. The molecular weight excluding hydrogens is 364 g/mol. The summed E-state index contributed by atoms with van der Waals surface area (Å²) in [5.74, 6) is -0.0963. The Hall–Kier alpha value is -2.12. The zero-order valence-corrected chi connectivity index (χ0v) is 16.3. The van der Waals surface area contributed by atoms with E-state index in [9.17, 15) is 4.79 Å². The fourth-order valence-corrected chi connectivity index (χ4v) is 4.75. The topological polar surface area (TPSA) is 65.8 Å². The lowest BCUT2D eigenvalue weighted by Crippen LogP contribution is -2.45. The van der Waals surface area contributed by atoms with Crippen molar-refractivity contribution in [1.29, 1.82) is 0 Å². The highest BCUT2D eigenvalue weighted by molar-refractivity contribution is 8.18. The molecule has 1 unspecified atom stereocenters. The molecule has 2 N–H and O–H groups in total. The zero-order chi connectivity index (χ0) is 18.1. The van der Waals surface area contributed by atoms with Crippen molar-refractivity contribution in [1.82, 2.24) is 10.6 Å². The van der Waals surface area contributed by atoms with E-state index in [0.717, 1.165) is 24.2 Å². The van der Waals surface area contributed by atoms with Gasteiger partial charge in [0.05, 0.1) is 22.7 Å². The molecule has 26 heavy (non-hydrogen) atoms. The van der Waals surface area contributed by atoms with Gasteiger partial charge < -0.3 is 10.6 Å². The van der Waals surface area contributed by atoms with Gasteiger partial charge in [-0.05, 0) is 73.7 Å². The summed E-state index contributed by atoms with van der Waals surface area (Å²) in [6.45, 7) is 4.83. The van der Waals surface area contributed by atoms with Crippen LogP contribution in [0.2, 0.25) is 0 Å². The Morgan fingerprint density at radius 1 is 1.42 bits per heavy atom. The van der Waals surface area contributed by atoms with E-state index in [0.29, 0.717) is 16.6 Å². The van der Waals surface area contributed by atoms with E-state index >= 15 is 0 Å². The molecule has 0 radical (unpaired) electrons. The molecule has 0 bridgehead atoms. The number of thiophene rings is 1. The lowest BCUT2D eigenvalue weighted by Gasteiger charge is -2.37. The van der Waals surface area contributed by atoms with Crippen LogP contribution >= 0.6 is 23.1 Å². The Morgan fingerprint density at radius 2 is 2.31 bits per heavy atom. The molecular formula is C19H20N4OS2. The monoisotopic (exact) mass is 384 g/mol. The number of rotatable bonds is 3. The van der Waals surface area contributed by atoms with Gasteiger partial charge in [0, 0.05) is 16.8 Å². The largest absolute Gasteiger partial charge is 0.374 e. The van der Waals surface area contributed by atoms with Gasteiger partial charge in [-0.1, -0.05) is 0 Å². The zero-order valence-electron chi connectivity index (χ0n) is 14.7. The number of nitrogens with zero attached hydrogens (tertiary/aromatic N) is 2. The number of thioether (sulfide) groups is 1. The van der Waals surface area contributed by atoms with Crippen LogP contribution in [0.15, 0.2) is 56.0 Å². The normalized spacial score (nSPS) is 27.8. The van der Waals surface area contributed by atoms with Crippen LogP contribution in [0.1, 0.15) is 30.2 Å². The summed E-state index contributed by atoms with van der Waals surface area (Å²) < 4.78 is 0. The average Bonchev–Trinajstić information content (AvgIpc) is 3.18. The van der Waals surface area contributed by atoms with Gasteiger partial charge in [0.2, 0.25) is 0 Å². The molecule has 0 aliphatic carbocycles. The van der Waals surface area contributed by atoms with Gasteiger partial charge in [-0.15, -0.1) is 11.3 Å². The summed E-state index contributed by atoms with van der Waals surface area (Å²) in [5.41, 5.74) is 3.06. The standard InChI is InChI=1S/C19H20N4OS2/c1-12-6-9-25-15(12)11-21-18-22-17(24)14(26-18)10-13-4-5-16-19(2,23-13)7-3-8-20-16/h4-6,8-10,23H,3,7,11H2,1-2H3,(H,21,22,24)/b14-10-. The van der Waals surface area contributed by atoms with Gasteiger partial charge in [-0.2, -0.15) is 0 Å². The van der Waals surface area contributed by atoms with E-state index in [2.05, 4.69) is 45.9 Å². The summed E-state index contributed by atoms with van der Waals surface area (Å²) in [6.07, 6.45) is 9.82. The molecule has 0 spiro atoms. The fraction of sp³-hybridized carbons (Fsp3) is 0.316. The molecule has 4 rings (SSSR count). The van der Waals surface area contributed by atoms with E-state index < -0.39 is 0 Å². The Labute approximate surface area is 161 Å². The molecule has 4 heterocycles. The molecule has 0 saturated carbocycles. The van der Waals surface area contributed by atoms with Crippen LogP contribution < -0.4 is 10.6 Å². The quantitative estimate of drug-likeness (QED) is 0.782. The number of amidine groups is 1. The van der Waals surface area contributed by atoms with Crippen molar-refractivity contribution in [2.75, 3.05) is 0 Å². The lowest BCUT2D eigenvalue weighted by molar-refractivity contribution is -0.115. The van der Waals surface area contributed by atoms with Crippen molar-refractivity contribution >= 4 is 40.4 Å². The first-order chi connectivity index (χ1) is 12.5. The predicted octanol–water partition coefficient (Wildman–Crippen LogP) is 3.65. The van der Waals surface area contributed by atoms with Crippen LogP contribution in [0.4, 0.5) is 0 Å². The number of carbonyl (C=O) groups excluding carboxylic acids is 1. The van der Waals surface area contributed by atoms with E-state index in [-0.39, 0.29) is 11.4 Å². The van der Waals surface area contributed by atoms with E-state index in [1.165, 1.54) is 22.2 Å². The molecule has 0 aromatic carbocycles. The minimum atomic E-state index is -0.163. The Kier molecular flexibility index (Phi) is 4.58. The molecule has 5 nitrogen and oxygen atoms in total. The molecule has 1 fully saturated rings. The number of aryl methyl sites for hydroxylation is 1. The second-order valence-corrected chi connectivity index (χ2v) is 8.73. The van der Waals surface area contributed by atoms with Gasteiger partial charge >= 0.3 is 0 Å². The van der Waals surface area contributed by atoms with Gasteiger partial charge in [-0.25, -0.2) is 0 Å². The highest BCUT2D eigenvalue weighted by atomic mass is 32.2. The molecule has 7 heteroatoms. The second kappa shape index (κ2) is 6.89. The van der Waals surface area contributed by atoms with Crippen molar-refractivity contribution in [3.05, 3.63) is 56.4 Å². The second-order valence-electron chi connectivity index (χ2n) is 6.69. The summed E-state index contributed by atoms with van der Waals surface area (Å²) in [6, 6.07) is 2.09. The number of aliphatic imine (C=N–C) groups is 2. The number of fused-ring (bicyclic) bond motifs is 1. The first kappa shape index (κ1) is 17.3. The fourth-order valence-electron chi connectivity index (χ4n) is 3.11. The number of hydrogen-bond donors (Lipinski definition) is 2. The third-order valence-electron chi connectivity index (χ3n) is 4.68. The maximum absolute atomic E-state index is 12.3. The lowest BCUT2D eigenvalue weighted by atomic mass is 9.87. The average molecular weight is 385 g/mol. The van der Waals surface area contributed by atoms with Crippen LogP contribution in [0.25, 0.3) is 0 Å². The summed E-state index contributed by atoms with van der Waals surface area (Å²) in [4.78, 5) is 23.2. The number of nitrogens with one attached hydrogen (secondary N) is 2. The first-order valence-electron chi connectivity index (χ1n) is 8.55. The molecule has 1 aromatic heterocycles. The van der Waals surface area contributed by atoms with E-state index in [1.54, 1.807) is 11.3 Å². The number of carbonyl (C=O) groups is 1. The van der Waals surface area contributed by atoms with Crippen molar-refractivity contribution in [3.8, 4) is 0 Å². The van der Waals surface area contributed by atoms with E-state index in [1.807, 2.05) is 24.4 Å². The van der Waals surface area contributed by atoms with Crippen LogP contribution in [-0.4, -0.2) is 22.8 Å². The third kappa shape index (κ3) is 3.41. The number of dihydropyridines is 1. The number of amides is 1. The van der Waals surface area contributed by atoms with Gasteiger partial charge in [0.1, 0.15) is 0 Å². The Bertz CT molecular complexity index is 906. The highest BCUT2D eigenvalue weighted by Gasteiger charge is 2.33. The van der Waals surface area contributed by atoms with Gasteiger partial charge in [0.25, 0.3) is 5.91 Å². The minimum absolute atomic E-state index is 0.0963. The van der Waals surface area contributed by atoms with Gasteiger partial charge in [-0.3, -0.25) is 14.8 Å². The molecule has 1 amide bonds. The SMILES string of the molecule is Cc1ccsc1CN=C1NC(=O)/C(=C/C2=CC=C3N=CCCC3(C)N2)S1. The highest BCUT2D eigenvalue weighted by Crippen LogP contribution is 2.32. The van der Waals surface area contributed by atoms with Crippen LogP contribution in [0, 0.1) is 6.92 Å². The van der Waals surface area contributed by atoms with Crippen molar-refractivity contribution in [2.45, 2.75) is 38.8 Å². The van der Waals surface area contributed by atoms with Crippen molar-refractivity contribution in [3.63, 3.8) is 0 Å². The third-order valence-corrected chi connectivity index (χ3v) is 6.64. The summed E-state index contributed by atoms with van der Waals surface area (Å²) in [7, 11) is 0. The Balaban J connectivity index is 1.49. The predicted molar refractivity (Wildman–Crippen MR) is 109 cm³/mol. The number of allylic oxidation sites excluding steroid dienone is 3. The van der Waals surface area contributed by atoms with Gasteiger partial charge in [0.15, 0.2) is 5.17 Å². The molecule has 134 valence electrons. The van der Waals surface area contributed by atoms with Crippen LogP contribution in [0.3, 0.4) is 0 Å². The smallest absolute Gasteiger partial charge is 0.264 e. The van der Waals surface area contributed by atoms with Crippen LogP contribution in [0.5, 0.6) is 0 Å². The number of hydrogen-bond acceptors (Lipinski definition) is 6. The molecule has 1 atom stereocenters.